The molecule has 96 valence electrons. The molecule has 0 rings (SSSR count). The normalized spacial score (nSPS) is 14.0. The molecule has 0 aliphatic rings. The molecular formula is C10H21NO4S. The van der Waals surface area contributed by atoms with E-state index in [0.29, 0.717) is 6.42 Å². The van der Waals surface area contributed by atoms with Crippen LogP contribution >= 0.6 is 0 Å². The third-order valence-electron chi connectivity index (χ3n) is 2.37. The fourth-order valence-corrected chi connectivity index (χ4v) is 2.09. The monoisotopic (exact) mass is 251 g/mol. The second kappa shape index (κ2) is 6.85. The van der Waals surface area contributed by atoms with E-state index < -0.39 is 27.1 Å². The molecule has 0 saturated carbocycles. The van der Waals surface area contributed by atoms with Crippen molar-refractivity contribution in [3.05, 3.63) is 0 Å². The Labute approximate surface area is 97.2 Å². The number of aliphatic carboxylic acids is 1. The van der Waals surface area contributed by atoms with Crippen molar-refractivity contribution in [3.8, 4) is 0 Å². The summed E-state index contributed by atoms with van der Waals surface area (Å²) in [5.74, 6) is -0.943. The van der Waals surface area contributed by atoms with Crippen LogP contribution in [0.1, 0.15) is 33.6 Å². The quantitative estimate of drug-likeness (QED) is 0.662. The minimum Gasteiger partial charge on any atom is -0.480 e. The van der Waals surface area contributed by atoms with Gasteiger partial charge in [0, 0.05) is 6.54 Å². The predicted molar refractivity (Wildman–Crippen MR) is 63.3 cm³/mol. The van der Waals surface area contributed by atoms with Gasteiger partial charge in [-0.05, 0) is 20.3 Å². The summed E-state index contributed by atoms with van der Waals surface area (Å²) in [7, 11) is -3.09. The Kier molecular flexibility index (Phi) is 6.59. The zero-order chi connectivity index (χ0) is 12.8. The summed E-state index contributed by atoms with van der Waals surface area (Å²) in [4.78, 5) is 10.8. The van der Waals surface area contributed by atoms with E-state index >= 15 is 0 Å². The number of rotatable bonds is 8. The summed E-state index contributed by atoms with van der Waals surface area (Å²) >= 11 is 0. The zero-order valence-electron chi connectivity index (χ0n) is 10.1. The van der Waals surface area contributed by atoms with Crippen LogP contribution in [0.3, 0.4) is 0 Å². The van der Waals surface area contributed by atoms with Gasteiger partial charge in [-0.3, -0.25) is 4.79 Å². The van der Waals surface area contributed by atoms with Crippen LogP contribution in [0.15, 0.2) is 0 Å². The summed E-state index contributed by atoms with van der Waals surface area (Å²) in [5, 5.41) is 11.2. The number of hydrogen-bond acceptors (Lipinski definition) is 4. The molecule has 0 fully saturated rings. The lowest BCUT2D eigenvalue weighted by molar-refractivity contribution is -0.139. The highest BCUT2D eigenvalue weighted by molar-refractivity contribution is 7.92. The lowest BCUT2D eigenvalue weighted by Crippen LogP contribution is -2.39. The van der Waals surface area contributed by atoms with Crippen LogP contribution in [-0.4, -0.2) is 43.1 Å². The Morgan fingerprint density at radius 3 is 2.31 bits per heavy atom. The molecule has 16 heavy (non-hydrogen) atoms. The van der Waals surface area contributed by atoms with Gasteiger partial charge in [0.1, 0.15) is 6.04 Å². The summed E-state index contributed by atoms with van der Waals surface area (Å²) < 4.78 is 22.9. The second-order valence-electron chi connectivity index (χ2n) is 4.05. The summed E-state index contributed by atoms with van der Waals surface area (Å²) in [6, 6.07) is -0.646. The van der Waals surface area contributed by atoms with Gasteiger partial charge in [-0.2, -0.15) is 0 Å². The third-order valence-corrected chi connectivity index (χ3v) is 4.58. The Hall–Kier alpha value is -0.620. The van der Waals surface area contributed by atoms with Crippen molar-refractivity contribution in [1.82, 2.24) is 5.32 Å². The maximum Gasteiger partial charge on any atom is 0.320 e. The molecule has 0 bridgehead atoms. The second-order valence-corrected chi connectivity index (χ2v) is 6.73. The molecule has 5 nitrogen and oxygen atoms in total. The molecule has 0 spiro atoms. The van der Waals surface area contributed by atoms with Crippen LogP contribution in [0.2, 0.25) is 0 Å². The Bertz CT molecular complexity index is 311. The molecule has 0 radical (unpaired) electrons. The van der Waals surface area contributed by atoms with Gasteiger partial charge in [0.25, 0.3) is 0 Å². The fraction of sp³-hybridized carbons (Fsp3) is 0.900. The smallest absolute Gasteiger partial charge is 0.320 e. The average molecular weight is 251 g/mol. The van der Waals surface area contributed by atoms with Crippen LogP contribution in [0.25, 0.3) is 0 Å². The first-order chi connectivity index (χ1) is 7.31. The van der Waals surface area contributed by atoms with Gasteiger partial charge < -0.3 is 10.4 Å². The number of carboxylic acid groups (broad SMARTS) is 1. The van der Waals surface area contributed by atoms with Crippen molar-refractivity contribution in [2.45, 2.75) is 44.9 Å². The van der Waals surface area contributed by atoms with E-state index in [2.05, 4.69) is 5.32 Å². The largest absolute Gasteiger partial charge is 0.480 e. The molecule has 6 heteroatoms. The van der Waals surface area contributed by atoms with Gasteiger partial charge in [0.15, 0.2) is 9.84 Å². The van der Waals surface area contributed by atoms with E-state index in [1.165, 1.54) is 0 Å². The first-order valence-electron chi connectivity index (χ1n) is 5.49. The lowest BCUT2D eigenvalue weighted by Gasteiger charge is -2.14. The first kappa shape index (κ1) is 15.4. The molecule has 0 aliphatic carbocycles. The van der Waals surface area contributed by atoms with Crippen molar-refractivity contribution in [3.63, 3.8) is 0 Å². The highest BCUT2D eigenvalue weighted by atomic mass is 32.2. The molecule has 1 atom stereocenters. The molecule has 2 N–H and O–H groups in total. The van der Waals surface area contributed by atoms with Crippen LogP contribution in [0.5, 0.6) is 0 Å². The molecule has 0 aromatic rings. The molecular weight excluding hydrogens is 230 g/mol. The van der Waals surface area contributed by atoms with E-state index in [-0.39, 0.29) is 12.3 Å². The van der Waals surface area contributed by atoms with Gasteiger partial charge in [0.2, 0.25) is 0 Å². The molecule has 0 heterocycles. The Balaban J connectivity index is 4.10. The highest BCUT2D eigenvalue weighted by Gasteiger charge is 2.19. The Morgan fingerprint density at radius 2 is 1.94 bits per heavy atom. The maximum absolute atomic E-state index is 11.5. The van der Waals surface area contributed by atoms with E-state index in [1.54, 1.807) is 13.8 Å². The van der Waals surface area contributed by atoms with Gasteiger partial charge in [0.05, 0.1) is 11.0 Å². The fourth-order valence-electron chi connectivity index (χ4n) is 1.21. The van der Waals surface area contributed by atoms with E-state index in [0.717, 1.165) is 6.42 Å². The minimum atomic E-state index is -3.09. The molecule has 1 unspecified atom stereocenters. The first-order valence-corrected chi connectivity index (χ1v) is 7.20. The number of carboxylic acids is 1. The molecule has 0 aromatic heterocycles. The standard InChI is InChI=1S/C10H21NO4S/c1-4-5-9(10(12)13)11-6-7-16(14,15)8(2)3/h8-9,11H,4-7H2,1-3H3,(H,12,13). The summed E-state index contributed by atoms with van der Waals surface area (Å²) in [5.41, 5.74) is 0. The number of carbonyl (C=O) groups is 1. The third kappa shape index (κ3) is 5.46. The van der Waals surface area contributed by atoms with Crippen molar-refractivity contribution < 1.29 is 18.3 Å². The van der Waals surface area contributed by atoms with E-state index in [1.807, 2.05) is 6.92 Å². The van der Waals surface area contributed by atoms with Crippen molar-refractivity contribution in [2.75, 3.05) is 12.3 Å². The lowest BCUT2D eigenvalue weighted by atomic mass is 10.2. The van der Waals surface area contributed by atoms with Crippen molar-refractivity contribution in [2.24, 2.45) is 0 Å². The number of hydrogen-bond donors (Lipinski definition) is 2. The maximum atomic E-state index is 11.5. The highest BCUT2D eigenvalue weighted by Crippen LogP contribution is 2.01. The van der Waals surface area contributed by atoms with Crippen molar-refractivity contribution >= 4 is 15.8 Å². The van der Waals surface area contributed by atoms with Crippen LogP contribution in [-0.2, 0) is 14.6 Å². The van der Waals surface area contributed by atoms with Crippen LogP contribution in [0.4, 0.5) is 0 Å². The SMILES string of the molecule is CCCC(NCCS(=O)(=O)C(C)C)C(=O)O. The zero-order valence-corrected chi connectivity index (χ0v) is 10.9. The van der Waals surface area contributed by atoms with Gasteiger partial charge >= 0.3 is 5.97 Å². The number of sulfone groups is 1. The average Bonchev–Trinajstić information content (AvgIpc) is 2.15. The van der Waals surface area contributed by atoms with Crippen molar-refractivity contribution in [1.29, 1.82) is 0 Å². The van der Waals surface area contributed by atoms with Gasteiger partial charge in [-0.25, -0.2) is 8.42 Å². The number of nitrogens with one attached hydrogen (secondary N) is 1. The van der Waals surface area contributed by atoms with E-state index in [9.17, 15) is 13.2 Å². The summed E-state index contributed by atoms with van der Waals surface area (Å²) in [6.45, 7) is 5.33. The van der Waals surface area contributed by atoms with Gasteiger partial charge in [-0.1, -0.05) is 13.3 Å². The minimum absolute atomic E-state index is 0.0157. The topological polar surface area (TPSA) is 83.5 Å². The van der Waals surface area contributed by atoms with Crippen LogP contribution in [0, 0.1) is 0 Å². The predicted octanol–water partition coefficient (Wildman–Crippen LogP) is 0.653. The summed E-state index contributed by atoms with van der Waals surface area (Å²) in [6.07, 6.45) is 1.26. The molecule has 0 amide bonds. The van der Waals surface area contributed by atoms with E-state index in [4.69, 9.17) is 5.11 Å². The molecule has 0 aromatic carbocycles. The molecule has 0 aliphatic heterocycles. The van der Waals surface area contributed by atoms with Gasteiger partial charge in [-0.15, -0.1) is 0 Å². The molecule has 0 saturated heterocycles. The van der Waals surface area contributed by atoms with Crippen LogP contribution < -0.4 is 5.32 Å². The Morgan fingerprint density at radius 1 is 1.38 bits per heavy atom.